The van der Waals surface area contributed by atoms with Gasteiger partial charge in [-0.25, -0.2) is 0 Å². The number of fused-ring (bicyclic) bond motifs is 5. The van der Waals surface area contributed by atoms with Crippen molar-refractivity contribution in [2.45, 2.75) is 83.7 Å². The molecule has 148 valence electrons. The van der Waals surface area contributed by atoms with Crippen LogP contribution in [0.15, 0.2) is 11.3 Å². The van der Waals surface area contributed by atoms with Crippen molar-refractivity contribution in [3.63, 3.8) is 0 Å². The summed E-state index contributed by atoms with van der Waals surface area (Å²) in [5.74, 6) is 1.63. The number of ether oxygens (including phenoxy) is 1. The molecule has 0 spiro atoms. The first kappa shape index (κ1) is 17.8. The second-order valence-corrected chi connectivity index (χ2v) is 10.1. The standard InChI is InChI=1S/C22H31NO4/c1-21-11-9-19(24)20(23(25)26)18(21)7-6-15-16(21)8-12-22(10-2-3-17(15)22)13-27-14-4-5-14/h14-17H,2-13H2,1H3/t15-,16+,17+,21-,22+/m1/s1. The lowest BCUT2D eigenvalue weighted by Gasteiger charge is -2.57. The zero-order valence-electron chi connectivity index (χ0n) is 16.4. The van der Waals surface area contributed by atoms with E-state index in [-0.39, 0.29) is 21.8 Å². The van der Waals surface area contributed by atoms with Gasteiger partial charge in [-0.15, -0.1) is 0 Å². The molecule has 0 heterocycles. The van der Waals surface area contributed by atoms with Crippen molar-refractivity contribution in [2.24, 2.45) is 28.6 Å². The van der Waals surface area contributed by atoms with E-state index in [1.165, 1.54) is 38.5 Å². The molecule has 0 unspecified atom stereocenters. The van der Waals surface area contributed by atoms with Crippen LogP contribution in [0.5, 0.6) is 0 Å². The lowest BCUT2D eigenvalue weighted by atomic mass is 9.47. The molecule has 0 aromatic carbocycles. The van der Waals surface area contributed by atoms with Crippen molar-refractivity contribution >= 4 is 5.78 Å². The van der Waals surface area contributed by atoms with Crippen molar-refractivity contribution < 1.29 is 14.5 Å². The van der Waals surface area contributed by atoms with Crippen LogP contribution in [0.3, 0.4) is 0 Å². The molecule has 4 fully saturated rings. The van der Waals surface area contributed by atoms with Crippen molar-refractivity contribution in [3.05, 3.63) is 21.4 Å². The number of nitro groups is 1. The van der Waals surface area contributed by atoms with E-state index in [0.29, 0.717) is 35.7 Å². The van der Waals surface area contributed by atoms with Crippen molar-refractivity contribution in [1.82, 2.24) is 0 Å². The maximum absolute atomic E-state index is 12.3. The van der Waals surface area contributed by atoms with Crippen molar-refractivity contribution in [3.8, 4) is 0 Å². The van der Waals surface area contributed by atoms with Gasteiger partial charge in [0.05, 0.1) is 17.6 Å². The highest BCUT2D eigenvalue weighted by Crippen LogP contribution is 2.66. The summed E-state index contributed by atoms with van der Waals surface area (Å²) < 4.78 is 6.23. The average Bonchev–Trinajstić information content (AvgIpc) is 3.37. The Balaban J connectivity index is 1.46. The van der Waals surface area contributed by atoms with Crippen LogP contribution < -0.4 is 0 Å². The first-order chi connectivity index (χ1) is 12.9. The van der Waals surface area contributed by atoms with Gasteiger partial charge in [-0.3, -0.25) is 14.9 Å². The quantitative estimate of drug-likeness (QED) is 0.530. The van der Waals surface area contributed by atoms with E-state index in [1.54, 1.807) is 0 Å². The third kappa shape index (κ3) is 2.64. The first-order valence-corrected chi connectivity index (χ1v) is 11.0. The van der Waals surface area contributed by atoms with E-state index in [4.69, 9.17) is 4.74 Å². The van der Waals surface area contributed by atoms with Crippen LogP contribution in [0.1, 0.15) is 77.6 Å². The molecule has 4 saturated carbocycles. The fourth-order valence-electron chi connectivity index (χ4n) is 7.46. The summed E-state index contributed by atoms with van der Waals surface area (Å²) in [6.45, 7) is 3.17. The summed E-state index contributed by atoms with van der Waals surface area (Å²) >= 11 is 0. The van der Waals surface area contributed by atoms with Crippen LogP contribution in [0, 0.1) is 38.7 Å². The lowest BCUT2D eigenvalue weighted by Crippen LogP contribution is -2.52. The summed E-state index contributed by atoms with van der Waals surface area (Å²) in [6, 6.07) is 0. The second-order valence-electron chi connectivity index (χ2n) is 10.1. The van der Waals surface area contributed by atoms with Gasteiger partial charge in [0.2, 0.25) is 5.78 Å². The number of rotatable bonds is 4. The van der Waals surface area contributed by atoms with E-state index < -0.39 is 0 Å². The fraction of sp³-hybridized carbons (Fsp3) is 0.864. The van der Waals surface area contributed by atoms with Crippen LogP contribution >= 0.6 is 0 Å². The van der Waals surface area contributed by atoms with E-state index in [9.17, 15) is 14.9 Å². The van der Waals surface area contributed by atoms with Crippen LogP contribution in [0.25, 0.3) is 0 Å². The molecule has 0 saturated heterocycles. The molecule has 0 aromatic rings. The Hall–Kier alpha value is -1.23. The maximum Gasteiger partial charge on any atom is 0.311 e. The van der Waals surface area contributed by atoms with Gasteiger partial charge in [0.1, 0.15) is 0 Å². The van der Waals surface area contributed by atoms with Crippen molar-refractivity contribution in [2.75, 3.05) is 6.61 Å². The lowest BCUT2D eigenvalue weighted by molar-refractivity contribution is -0.422. The van der Waals surface area contributed by atoms with Gasteiger partial charge in [0.15, 0.2) is 0 Å². The molecule has 5 heteroatoms. The minimum absolute atomic E-state index is 0.0532. The molecule has 27 heavy (non-hydrogen) atoms. The smallest absolute Gasteiger partial charge is 0.311 e. The molecule has 0 radical (unpaired) electrons. The van der Waals surface area contributed by atoms with Gasteiger partial charge in [0.25, 0.3) is 0 Å². The van der Waals surface area contributed by atoms with Crippen LogP contribution in [-0.2, 0) is 9.53 Å². The number of hydrogen-bond donors (Lipinski definition) is 0. The average molecular weight is 373 g/mol. The first-order valence-electron chi connectivity index (χ1n) is 11.0. The summed E-state index contributed by atoms with van der Waals surface area (Å²) in [4.78, 5) is 23.5. The molecule has 5 aliphatic carbocycles. The number of Topliss-reactive ketones (excluding diaryl/α,β-unsaturated/α-hetero) is 1. The van der Waals surface area contributed by atoms with Crippen LogP contribution in [0.2, 0.25) is 0 Å². The topological polar surface area (TPSA) is 69.4 Å². The fourth-order valence-corrected chi connectivity index (χ4v) is 7.46. The molecule has 0 aromatic heterocycles. The number of ketones is 1. The Labute approximate surface area is 161 Å². The van der Waals surface area contributed by atoms with E-state index in [1.807, 2.05) is 0 Å². The number of hydrogen-bond acceptors (Lipinski definition) is 4. The minimum Gasteiger partial charge on any atom is -0.378 e. The summed E-state index contributed by atoms with van der Waals surface area (Å²) in [5.41, 5.74) is 1.04. The SMILES string of the molecule is C[C@]12CCC(=O)C([N+](=O)[O-])=C1CC[C@H]1[C@@H]3CCC[C@@]3(COC3CC3)CC[C@@H]12. The molecule has 5 atom stereocenters. The Morgan fingerprint density at radius 2 is 1.89 bits per heavy atom. The van der Waals surface area contributed by atoms with Gasteiger partial charge in [-0.05, 0) is 86.4 Å². The minimum atomic E-state index is -0.387. The van der Waals surface area contributed by atoms with Crippen LogP contribution in [-0.4, -0.2) is 23.4 Å². The van der Waals surface area contributed by atoms with Gasteiger partial charge in [-0.2, -0.15) is 0 Å². The number of nitrogens with zero attached hydrogens (tertiary/aromatic N) is 1. The Morgan fingerprint density at radius 1 is 1.07 bits per heavy atom. The maximum atomic E-state index is 12.3. The normalized spacial score (nSPS) is 43.9. The number of carbonyl (C=O) groups excluding carboxylic acids is 1. The zero-order chi connectivity index (χ0) is 18.8. The largest absolute Gasteiger partial charge is 0.378 e. The Morgan fingerprint density at radius 3 is 2.63 bits per heavy atom. The highest BCUT2D eigenvalue weighted by molar-refractivity contribution is 5.95. The molecule has 0 amide bonds. The number of allylic oxidation sites excluding steroid dienone is 1. The van der Waals surface area contributed by atoms with E-state index in [2.05, 4.69) is 6.92 Å². The third-order valence-corrected chi connectivity index (χ3v) is 8.93. The molecule has 5 nitrogen and oxygen atoms in total. The molecule has 0 bridgehead atoms. The van der Waals surface area contributed by atoms with Gasteiger partial charge < -0.3 is 4.74 Å². The summed E-state index contributed by atoms with van der Waals surface area (Å²) in [5, 5.41) is 11.6. The van der Waals surface area contributed by atoms with Gasteiger partial charge >= 0.3 is 5.70 Å². The molecule has 0 N–H and O–H groups in total. The monoisotopic (exact) mass is 373 g/mol. The Kier molecular flexibility index (Phi) is 4.05. The van der Waals surface area contributed by atoms with Crippen LogP contribution in [0.4, 0.5) is 0 Å². The van der Waals surface area contributed by atoms with Gasteiger partial charge in [-0.1, -0.05) is 13.3 Å². The third-order valence-electron chi connectivity index (χ3n) is 8.93. The predicted molar refractivity (Wildman–Crippen MR) is 101 cm³/mol. The predicted octanol–water partition coefficient (Wildman–Crippen LogP) is 4.67. The van der Waals surface area contributed by atoms with E-state index in [0.717, 1.165) is 37.9 Å². The summed E-state index contributed by atoms with van der Waals surface area (Å²) in [6.07, 6.45) is 12.2. The van der Waals surface area contributed by atoms with Crippen molar-refractivity contribution in [1.29, 1.82) is 0 Å². The highest BCUT2D eigenvalue weighted by Gasteiger charge is 2.60. The second kappa shape index (κ2) is 6.13. The zero-order valence-corrected chi connectivity index (χ0v) is 16.4. The molecule has 5 aliphatic rings. The molecular formula is C22H31NO4. The molecule has 0 aliphatic heterocycles. The van der Waals surface area contributed by atoms with E-state index >= 15 is 0 Å². The molecule has 5 rings (SSSR count). The molecular weight excluding hydrogens is 342 g/mol. The number of carbonyl (C=O) groups is 1. The Bertz CT molecular complexity index is 711. The summed E-state index contributed by atoms with van der Waals surface area (Å²) in [7, 11) is 0. The highest BCUT2D eigenvalue weighted by atomic mass is 16.6. The van der Waals surface area contributed by atoms with Gasteiger partial charge in [0, 0.05) is 12.0 Å².